The van der Waals surface area contributed by atoms with Crippen LogP contribution in [0.25, 0.3) is 0 Å². The number of nitrogens with one attached hydrogen (secondary N) is 1. The highest BCUT2D eigenvalue weighted by Crippen LogP contribution is 2.28. The quantitative estimate of drug-likeness (QED) is 0.177. The van der Waals surface area contributed by atoms with Crippen LogP contribution in [0.4, 0.5) is 9.59 Å². The Morgan fingerprint density at radius 1 is 1.32 bits per heavy atom. The highest BCUT2D eigenvalue weighted by molar-refractivity contribution is 5.85. The third kappa shape index (κ3) is 4.93. The summed E-state index contributed by atoms with van der Waals surface area (Å²) in [6.45, 7) is 0.852. The van der Waals surface area contributed by atoms with Gasteiger partial charge in [0.2, 0.25) is 11.7 Å². The first kappa shape index (κ1) is 20.6. The standard InChI is InChI=1S/C14H19N5O9/c1-4(20)18-8-5(19-12(15)16)2-6(11(21)22)26-10(8)9(28-13(17)23)7-3-25-14(24)27-7/h2,5,7-10H,3H2,1H3,(H2,17,23)(H,18,20)(H,21,22)(H4,15,16,19)/t5-,7+,8+,9+,10+/m0/s1. The van der Waals surface area contributed by atoms with Gasteiger partial charge in [-0.05, 0) is 6.08 Å². The molecule has 0 radical (unpaired) electrons. The van der Waals surface area contributed by atoms with E-state index < -0.39 is 66.2 Å². The van der Waals surface area contributed by atoms with Crippen LogP contribution in [0, 0.1) is 0 Å². The van der Waals surface area contributed by atoms with E-state index in [2.05, 4.69) is 15.0 Å². The molecule has 1 fully saturated rings. The van der Waals surface area contributed by atoms with Crippen molar-refractivity contribution in [2.45, 2.75) is 37.3 Å². The molecule has 14 heteroatoms. The highest BCUT2D eigenvalue weighted by atomic mass is 16.8. The zero-order valence-electron chi connectivity index (χ0n) is 14.6. The minimum atomic E-state index is -1.47. The van der Waals surface area contributed by atoms with Crippen LogP contribution in [-0.2, 0) is 28.5 Å². The van der Waals surface area contributed by atoms with Crippen molar-refractivity contribution in [3.63, 3.8) is 0 Å². The van der Waals surface area contributed by atoms with Gasteiger partial charge in [0.15, 0.2) is 24.3 Å². The van der Waals surface area contributed by atoms with Crippen molar-refractivity contribution in [1.82, 2.24) is 5.32 Å². The number of primary amides is 1. The number of hydrogen-bond acceptors (Lipinski definition) is 9. The summed E-state index contributed by atoms with van der Waals surface area (Å²) in [5.74, 6) is -2.99. The summed E-state index contributed by atoms with van der Waals surface area (Å²) in [4.78, 5) is 49.6. The van der Waals surface area contributed by atoms with E-state index in [0.29, 0.717) is 0 Å². The van der Waals surface area contributed by atoms with Gasteiger partial charge in [-0.3, -0.25) is 4.79 Å². The maximum absolute atomic E-state index is 11.7. The third-order valence-electron chi connectivity index (χ3n) is 3.74. The van der Waals surface area contributed by atoms with E-state index in [1.54, 1.807) is 0 Å². The van der Waals surface area contributed by atoms with Crippen LogP contribution in [0.5, 0.6) is 0 Å². The number of carbonyl (C=O) groups excluding carboxylic acids is 3. The second-order valence-corrected chi connectivity index (χ2v) is 5.81. The van der Waals surface area contributed by atoms with Crippen LogP contribution >= 0.6 is 0 Å². The third-order valence-corrected chi connectivity index (χ3v) is 3.74. The van der Waals surface area contributed by atoms with E-state index in [-0.39, 0.29) is 6.61 Å². The van der Waals surface area contributed by atoms with Gasteiger partial charge in [0, 0.05) is 6.92 Å². The number of aliphatic carboxylic acids is 1. The van der Waals surface area contributed by atoms with E-state index in [1.807, 2.05) is 0 Å². The molecule has 2 aliphatic heterocycles. The number of nitrogens with two attached hydrogens (primary N) is 3. The molecule has 1 saturated heterocycles. The van der Waals surface area contributed by atoms with Crippen molar-refractivity contribution < 1.29 is 43.2 Å². The Hall–Kier alpha value is -3.71. The topological polar surface area (TPSA) is 228 Å². The molecule has 14 nitrogen and oxygen atoms in total. The molecule has 0 aromatic heterocycles. The van der Waals surface area contributed by atoms with Crippen molar-refractivity contribution in [2.24, 2.45) is 22.2 Å². The van der Waals surface area contributed by atoms with Gasteiger partial charge in [-0.25, -0.2) is 19.4 Å². The number of guanidine groups is 1. The smallest absolute Gasteiger partial charge is 0.477 e. The van der Waals surface area contributed by atoms with Crippen molar-refractivity contribution in [3.8, 4) is 0 Å². The maximum Gasteiger partial charge on any atom is 0.508 e. The van der Waals surface area contributed by atoms with Crippen LogP contribution < -0.4 is 22.5 Å². The van der Waals surface area contributed by atoms with E-state index in [9.17, 15) is 24.3 Å². The fourth-order valence-electron chi connectivity index (χ4n) is 2.79. The summed E-state index contributed by atoms with van der Waals surface area (Å²) >= 11 is 0. The number of hydrogen-bond donors (Lipinski definition) is 5. The summed E-state index contributed by atoms with van der Waals surface area (Å²) in [6, 6.07) is -2.21. The van der Waals surface area contributed by atoms with Gasteiger partial charge in [0.1, 0.15) is 6.61 Å². The molecule has 0 aromatic carbocycles. The Morgan fingerprint density at radius 2 is 2.00 bits per heavy atom. The molecule has 8 N–H and O–H groups in total. The SMILES string of the molecule is CC(=O)N[C@H]1[C@H]([C@H](OC(N)=O)[C@H]2COC(=O)O2)OC(C(=O)O)=C[C@@H]1N=C(N)N. The second-order valence-electron chi connectivity index (χ2n) is 5.81. The molecule has 2 aliphatic rings. The van der Waals surface area contributed by atoms with Gasteiger partial charge < -0.3 is 46.6 Å². The molecular weight excluding hydrogens is 382 g/mol. The molecule has 2 rings (SSSR count). The number of amides is 2. The van der Waals surface area contributed by atoms with Gasteiger partial charge in [0.05, 0.1) is 12.1 Å². The minimum absolute atomic E-state index is 0.331. The average molecular weight is 401 g/mol. The number of aliphatic imine (C=N–C) groups is 1. The molecule has 154 valence electrons. The zero-order valence-corrected chi connectivity index (χ0v) is 14.6. The van der Waals surface area contributed by atoms with Crippen LogP contribution in [0.3, 0.4) is 0 Å². The van der Waals surface area contributed by atoms with Crippen LogP contribution in [0.2, 0.25) is 0 Å². The summed E-state index contributed by atoms with van der Waals surface area (Å²) in [5.41, 5.74) is 15.8. The Kier molecular flexibility index (Phi) is 6.12. The minimum Gasteiger partial charge on any atom is -0.477 e. The Morgan fingerprint density at radius 3 is 2.46 bits per heavy atom. The number of nitrogens with zero attached hydrogens (tertiary/aromatic N) is 1. The summed E-state index contributed by atoms with van der Waals surface area (Å²) in [7, 11) is 0. The lowest BCUT2D eigenvalue weighted by Gasteiger charge is -2.39. The Bertz CT molecular complexity index is 733. The van der Waals surface area contributed by atoms with Gasteiger partial charge in [0.25, 0.3) is 0 Å². The number of carboxylic acids is 1. The summed E-state index contributed by atoms with van der Waals surface area (Å²) < 4.78 is 20.0. The van der Waals surface area contributed by atoms with Gasteiger partial charge in [-0.2, -0.15) is 0 Å². The van der Waals surface area contributed by atoms with Crippen molar-refractivity contribution >= 4 is 30.1 Å². The second kappa shape index (κ2) is 8.32. The predicted molar refractivity (Wildman–Crippen MR) is 88.5 cm³/mol. The van der Waals surface area contributed by atoms with E-state index >= 15 is 0 Å². The maximum atomic E-state index is 11.7. The molecule has 2 amide bonds. The van der Waals surface area contributed by atoms with Gasteiger partial charge in [-0.15, -0.1) is 0 Å². The normalized spacial score (nSPS) is 27.2. The Balaban J connectivity index is 2.49. The lowest BCUT2D eigenvalue weighted by Crippen LogP contribution is -2.60. The molecule has 0 aromatic rings. The first-order valence-electron chi connectivity index (χ1n) is 7.85. The van der Waals surface area contributed by atoms with Crippen LogP contribution in [0.15, 0.2) is 16.8 Å². The first-order valence-corrected chi connectivity index (χ1v) is 7.85. The monoisotopic (exact) mass is 401 g/mol. The number of cyclic esters (lactones) is 2. The van der Waals surface area contributed by atoms with E-state index in [1.165, 1.54) is 6.92 Å². The molecule has 5 atom stereocenters. The van der Waals surface area contributed by atoms with Crippen molar-refractivity contribution in [3.05, 3.63) is 11.8 Å². The molecule has 0 bridgehead atoms. The lowest BCUT2D eigenvalue weighted by atomic mass is 9.92. The number of carbonyl (C=O) groups is 4. The van der Waals surface area contributed by atoms with Crippen molar-refractivity contribution in [1.29, 1.82) is 0 Å². The summed E-state index contributed by atoms with van der Waals surface area (Å²) in [6.07, 6.45) is -5.25. The predicted octanol–water partition coefficient (Wildman–Crippen LogP) is -2.50. The van der Waals surface area contributed by atoms with E-state index in [0.717, 1.165) is 6.08 Å². The number of rotatable bonds is 6. The molecule has 0 saturated carbocycles. The average Bonchev–Trinajstić information content (AvgIpc) is 2.99. The zero-order chi connectivity index (χ0) is 21.0. The fraction of sp³-hybridized carbons (Fsp3) is 0.500. The van der Waals surface area contributed by atoms with Crippen molar-refractivity contribution in [2.75, 3.05) is 6.61 Å². The highest BCUT2D eigenvalue weighted by Gasteiger charge is 2.49. The largest absolute Gasteiger partial charge is 0.508 e. The molecule has 28 heavy (non-hydrogen) atoms. The number of carboxylic acid groups (broad SMARTS) is 1. The molecule has 0 aliphatic carbocycles. The van der Waals surface area contributed by atoms with Crippen LogP contribution in [-0.4, -0.2) is 72.2 Å². The Labute approximate surface area is 157 Å². The summed E-state index contributed by atoms with van der Waals surface area (Å²) in [5, 5.41) is 11.8. The molecule has 2 heterocycles. The molecule has 0 spiro atoms. The van der Waals surface area contributed by atoms with Gasteiger partial charge in [-0.1, -0.05) is 0 Å². The number of ether oxygens (including phenoxy) is 4. The fourth-order valence-corrected chi connectivity index (χ4v) is 2.79. The van der Waals surface area contributed by atoms with Gasteiger partial charge >= 0.3 is 18.2 Å². The lowest BCUT2D eigenvalue weighted by molar-refractivity contribution is -0.143. The molecular formula is C14H19N5O9. The van der Waals surface area contributed by atoms with E-state index in [4.69, 9.17) is 31.4 Å². The van der Waals surface area contributed by atoms with Crippen LogP contribution in [0.1, 0.15) is 6.92 Å². The first-order chi connectivity index (χ1) is 13.1. The molecule has 0 unspecified atom stereocenters.